The molecule has 0 aliphatic heterocycles. The molecule has 0 saturated heterocycles. The van der Waals surface area contributed by atoms with E-state index in [0.717, 1.165) is 11.3 Å². The summed E-state index contributed by atoms with van der Waals surface area (Å²) in [6.45, 7) is 0. The van der Waals surface area contributed by atoms with Crippen LogP contribution in [0.3, 0.4) is 0 Å². The maximum atomic E-state index is 12.4. The van der Waals surface area contributed by atoms with Crippen molar-refractivity contribution in [3.8, 4) is 22.8 Å². The molecular formula is C26H17ClN2O3. The van der Waals surface area contributed by atoms with E-state index in [1.165, 1.54) is 6.08 Å². The molecule has 5 nitrogen and oxygen atoms in total. The Labute approximate surface area is 189 Å². The highest BCUT2D eigenvalue weighted by atomic mass is 35.5. The maximum Gasteiger partial charge on any atom is 0.248 e. The average molecular weight is 441 g/mol. The van der Waals surface area contributed by atoms with Crippen LogP contribution in [0.5, 0.6) is 0 Å². The van der Waals surface area contributed by atoms with Crippen LogP contribution in [0.15, 0.2) is 99.8 Å². The van der Waals surface area contributed by atoms with E-state index in [1.807, 2.05) is 60.7 Å². The van der Waals surface area contributed by atoms with E-state index < -0.39 is 0 Å². The van der Waals surface area contributed by atoms with Crippen molar-refractivity contribution in [1.29, 1.82) is 0 Å². The fourth-order valence-corrected chi connectivity index (χ4v) is 3.51. The summed E-state index contributed by atoms with van der Waals surface area (Å²) in [5.41, 5.74) is 3.54. The Morgan fingerprint density at radius 1 is 0.906 bits per heavy atom. The number of nitrogens with one attached hydrogen (secondary N) is 1. The van der Waals surface area contributed by atoms with Gasteiger partial charge in [0.2, 0.25) is 11.8 Å². The number of carbonyl (C=O) groups is 1. The van der Waals surface area contributed by atoms with E-state index in [0.29, 0.717) is 39.0 Å². The summed E-state index contributed by atoms with van der Waals surface area (Å²) < 4.78 is 11.6. The molecule has 5 rings (SSSR count). The number of amides is 1. The number of nitrogens with zero attached hydrogens (tertiary/aromatic N) is 1. The molecule has 0 unspecified atom stereocenters. The number of hydrogen-bond donors (Lipinski definition) is 1. The van der Waals surface area contributed by atoms with Crippen molar-refractivity contribution < 1.29 is 13.6 Å². The van der Waals surface area contributed by atoms with E-state index in [1.54, 1.807) is 30.3 Å². The zero-order valence-electron chi connectivity index (χ0n) is 16.8. The minimum Gasteiger partial charge on any atom is -0.457 e. The van der Waals surface area contributed by atoms with Gasteiger partial charge in [0, 0.05) is 17.3 Å². The van der Waals surface area contributed by atoms with Crippen molar-refractivity contribution >= 4 is 40.4 Å². The van der Waals surface area contributed by atoms with Gasteiger partial charge in [0.05, 0.1) is 10.6 Å². The van der Waals surface area contributed by atoms with Crippen LogP contribution in [-0.2, 0) is 4.79 Å². The summed E-state index contributed by atoms with van der Waals surface area (Å²) in [5.74, 6) is 1.49. The Balaban J connectivity index is 1.29. The molecule has 5 aromatic rings. The molecule has 32 heavy (non-hydrogen) atoms. The molecule has 0 aliphatic carbocycles. The average Bonchev–Trinajstić information content (AvgIpc) is 3.45. The maximum absolute atomic E-state index is 12.4. The van der Waals surface area contributed by atoms with Crippen LogP contribution >= 0.6 is 11.6 Å². The van der Waals surface area contributed by atoms with Crippen molar-refractivity contribution in [2.75, 3.05) is 5.32 Å². The van der Waals surface area contributed by atoms with Crippen LogP contribution in [-0.4, -0.2) is 10.9 Å². The fraction of sp³-hybridized carbons (Fsp3) is 0. The van der Waals surface area contributed by atoms with E-state index in [9.17, 15) is 4.79 Å². The van der Waals surface area contributed by atoms with Crippen LogP contribution in [0.2, 0.25) is 5.02 Å². The SMILES string of the molecule is O=C(/C=C/c1ccc(-c2ccccc2)o1)Nc1ccc2oc(-c3ccccc3Cl)nc2c1. The molecule has 0 radical (unpaired) electrons. The van der Waals surface area contributed by atoms with Gasteiger partial charge >= 0.3 is 0 Å². The number of anilines is 1. The molecule has 2 aromatic heterocycles. The van der Waals surface area contributed by atoms with Crippen LogP contribution in [0.4, 0.5) is 5.69 Å². The van der Waals surface area contributed by atoms with Crippen LogP contribution in [0, 0.1) is 0 Å². The van der Waals surface area contributed by atoms with Crippen LogP contribution in [0.1, 0.15) is 5.76 Å². The van der Waals surface area contributed by atoms with Crippen LogP contribution in [0.25, 0.3) is 40.0 Å². The Hall–Kier alpha value is -4.09. The smallest absolute Gasteiger partial charge is 0.248 e. The Morgan fingerprint density at radius 2 is 1.72 bits per heavy atom. The largest absolute Gasteiger partial charge is 0.457 e. The van der Waals surface area contributed by atoms with Gasteiger partial charge < -0.3 is 14.2 Å². The molecule has 3 aromatic carbocycles. The van der Waals surface area contributed by atoms with E-state index >= 15 is 0 Å². The van der Waals surface area contributed by atoms with Gasteiger partial charge in [-0.3, -0.25) is 4.79 Å². The molecule has 0 fully saturated rings. The second kappa shape index (κ2) is 8.57. The minimum atomic E-state index is -0.281. The van der Waals surface area contributed by atoms with Gasteiger partial charge in [0.1, 0.15) is 17.0 Å². The summed E-state index contributed by atoms with van der Waals surface area (Å²) in [6.07, 6.45) is 3.06. The predicted molar refractivity (Wildman–Crippen MR) is 126 cm³/mol. The first-order chi connectivity index (χ1) is 15.7. The second-order valence-electron chi connectivity index (χ2n) is 7.07. The lowest BCUT2D eigenvalue weighted by Gasteiger charge is -2.00. The number of furan rings is 1. The second-order valence-corrected chi connectivity index (χ2v) is 7.48. The van der Waals surface area contributed by atoms with Gasteiger partial charge in [0.15, 0.2) is 5.58 Å². The number of fused-ring (bicyclic) bond motifs is 1. The van der Waals surface area contributed by atoms with Gasteiger partial charge in [-0.15, -0.1) is 0 Å². The third kappa shape index (κ3) is 4.19. The summed E-state index contributed by atoms with van der Waals surface area (Å²) in [6, 6.07) is 26.1. The summed E-state index contributed by atoms with van der Waals surface area (Å²) in [7, 11) is 0. The van der Waals surface area contributed by atoms with Gasteiger partial charge in [-0.25, -0.2) is 4.98 Å². The lowest BCUT2D eigenvalue weighted by Crippen LogP contribution is -2.07. The van der Waals surface area contributed by atoms with E-state index in [4.69, 9.17) is 20.4 Å². The lowest BCUT2D eigenvalue weighted by molar-refractivity contribution is -0.111. The van der Waals surface area contributed by atoms with Crippen molar-refractivity contribution in [3.05, 3.63) is 102 Å². The molecule has 0 bridgehead atoms. The highest BCUT2D eigenvalue weighted by Gasteiger charge is 2.12. The lowest BCUT2D eigenvalue weighted by atomic mass is 10.2. The quantitative estimate of drug-likeness (QED) is 0.297. The minimum absolute atomic E-state index is 0.281. The van der Waals surface area contributed by atoms with Crippen molar-refractivity contribution in [2.24, 2.45) is 0 Å². The first-order valence-electron chi connectivity index (χ1n) is 9.95. The van der Waals surface area contributed by atoms with Gasteiger partial charge in [-0.05, 0) is 48.5 Å². The third-order valence-corrected chi connectivity index (χ3v) is 5.17. The predicted octanol–water partition coefficient (Wildman–Crippen LogP) is 7.06. The zero-order valence-corrected chi connectivity index (χ0v) is 17.5. The number of carbonyl (C=O) groups excluding carboxylic acids is 1. The normalized spacial score (nSPS) is 11.3. The third-order valence-electron chi connectivity index (χ3n) is 4.84. The highest BCUT2D eigenvalue weighted by molar-refractivity contribution is 6.33. The molecule has 1 N–H and O–H groups in total. The number of rotatable bonds is 5. The monoisotopic (exact) mass is 440 g/mol. The van der Waals surface area contributed by atoms with E-state index in [-0.39, 0.29) is 5.91 Å². The molecule has 1 amide bonds. The molecule has 0 spiro atoms. The zero-order chi connectivity index (χ0) is 21.9. The molecule has 0 saturated carbocycles. The first kappa shape index (κ1) is 19.8. The number of aromatic nitrogens is 1. The van der Waals surface area contributed by atoms with E-state index in [2.05, 4.69) is 10.3 Å². The topological polar surface area (TPSA) is 68.3 Å². The summed E-state index contributed by atoms with van der Waals surface area (Å²) >= 11 is 6.24. The molecule has 0 atom stereocenters. The molecule has 6 heteroatoms. The first-order valence-corrected chi connectivity index (χ1v) is 10.3. The van der Waals surface area contributed by atoms with Crippen molar-refractivity contribution in [1.82, 2.24) is 4.98 Å². The Morgan fingerprint density at radius 3 is 2.56 bits per heavy atom. The molecule has 2 heterocycles. The van der Waals surface area contributed by atoms with Crippen molar-refractivity contribution in [3.63, 3.8) is 0 Å². The Bertz CT molecular complexity index is 1430. The molecule has 0 aliphatic rings. The molecular weight excluding hydrogens is 424 g/mol. The molecule has 156 valence electrons. The highest BCUT2D eigenvalue weighted by Crippen LogP contribution is 2.30. The number of hydrogen-bond acceptors (Lipinski definition) is 4. The number of oxazole rings is 1. The summed E-state index contributed by atoms with van der Waals surface area (Å²) in [4.78, 5) is 16.9. The number of benzene rings is 3. The van der Waals surface area contributed by atoms with Crippen LogP contribution < -0.4 is 5.32 Å². The van der Waals surface area contributed by atoms with Gasteiger partial charge in [0.25, 0.3) is 0 Å². The van der Waals surface area contributed by atoms with Gasteiger partial charge in [-0.2, -0.15) is 0 Å². The Kier molecular flexibility index (Phi) is 5.32. The fourth-order valence-electron chi connectivity index (χ4n) is 3.30. The summed E-state index contributed by atoms with van der Waals surface area (Å²) in [5, 5.41) is 3.39. The standard InChI is InChI=1S/C26H17ClN2O3/c27-21-9-5-4-8-20(21)26-29-22-16-18(10-13-24(22)32-26)28-25(30)15-12-19-11-14-23(31-19)17-6-2-1-3-7-17/h1-16H,(H,28,30)/b15-12+. The number of halogens is 1. The van der Waals surface area contributed by atoms with Gasteiger partial charge in [-0.1, -0.05) is 54.1 Å². The van der Waals surface area contributed by atoms with Crippen molar-refractivity contribution in [2.45, 2.75) is 0 Å².